The third-order valence-corrected chi connectivity index (χ3v) is 3.36. The molecule has 0 unspecified atom stereocenters. The Balaban J connectivity index is 1.96. The molecule has 0 atom stereocenters. The van der Waals surface area contributed by atoms with Crippen LogP contribution >= 0.6 is 39.3 Å². The van der Waals surface area contributed by atoms with Gasteiger partial charge in [-0.2, -0.15) is 0 Å². The molecule has 0 saturated carbocycles. The Labute approximate surface area is 105 Å². The fourth-order valence-electron chi connectivity index (χ4n) is 1.03. The maximum Gasteiger partial charge on any atom is 0.169 e. The van der Waals surface area contributed by atoms with Gasteiger partial charge in [0.15, 0.2) is 4.67 Å². The van der Waals surface area contributed by atoms with E-state index in [2.05, 4.69) is 20.9 Å². The zero-order valence-electron chi connectivity index (χ0n) is 7.61. The van der Waals surface area contributed by atoms with Crippen LogP contribution in [0.3, 0.4) is 0 Å². The molecule has 0 bridgehead atoms. The van der Waals surface area contributed by atoms with E-state index in [9.17, 15) is 0 Å². The van der Waals surface area contributed by atoms with E-state index in [1.807, 2.05) is 18.2 Å². The number of nitrogens with zero attached hydrogens (tertiary/aromatic N) is 1. The molecule has 15 heavy (non-hydrogen) atoms. The Morgan fingerprint density at radius 3 is 2.93 bits per heavy atom. The van der Waals surface area contributed by atoms with Crippen molar-refractivity contribution in [3.05, 3.63) is 45.9 Å². The van der Waals surface area contributed by atoms with E-state index in [0.29, 0.717) is 5.02 Å². The predicted octanol–water partition coefficient (Wildman–Crippen LogP) is 4.38. The summed E-state index contributed by atoms with van der Waals surface area (Å²) in [6.45, 7) is 0. The largest absolute Gasteiger partial charge is 0.457 e. The zero-order chi connectivity index (χ0) is 10.7. The molecule has 0 amide bonds. The van der Waals surface area contributed by atoms with Crippen molar-refractivity contribution < 1.29 is 4.42 Å². The smallest absolute Gasteiger partial charge is 0.169 e. The molecule has 2 heterocycles. The van der Waals surface area contributed by atoms with Crippen molar-refractivity contribution in [3.63, 3.8) is 0 Å². The van der Waals surface area contributed by atoms with Crippen LogP contribution < -0.4 is 0 Å². The van der Waals surface area contributed by atoms with Crippen LogP contribution in [-0.4, -0.2) is 4.98 Å². The maximum atomic E-state index is 5.74. The van der Waals surface area contributed by atoms with Gasteiger partial charge in [0.05, 0.1) is 16.3 Å². The van der Waals surface area contributed by atoms with Gasteiger partial charge in [-0.1, -0.05) is 11.6 Å². The van der Waals surface area contributed by atoms with Crippen LogP contribution in [0.15, 0.2) is 44.8 Å². The lowest BCUT2D eigenvalue weighted by molar-refractivity contribution is 0.539. The molecule has 2 nitrogen and oxygen atoms in total. The molecule has 0 N–H and O–H groups in total. The second kappa shape index (κ2) is 5.05. The third kappa shape index (κ3) is 3.26. The Morgan fingerprint density at radius 1 is 1.47 bits per heavy atom. The summed E-state index contributed by atoms with van der Waals surface area (Å²) in [6.07, 6.45) is 3.38. The highest BCUT2D eigenvalue weighted by Gasteiger charge is 2.01. The van der Waals surface area contributed by atoms with Crippen molar-refractivity contribution in [2.45, 2.75) is 10.8 Å². The van der Waals surface area contributed by atoms with Crippen LogP contribution in [0.25, 0.3) is 0 Å². The molecule has 0 spiro atoms. The van der Waals surface area contributed by atoms with Crippen LogP contribution in [-0.2, 0) is 5.75 Å². The number of furan rings is 1. The first-order valence-electron chi connectivity index (χ1n) is 4.21. The molecule has 5 heteroatoms. The first kappa shape index (κ1) is 11.0. The Bertz CT molecular complexity index is 443. The highest BCUT2D eigenvalue weighted by atomic mass is 79.9. The fraction of sp³-hybridized carbons (Fsp3) is 0.100. The van der Waals surface area contributed by atoms with Crippen molar-refractivity contribution >= 4 is 39.3 Å². The molecule has 0 aromatic carbocycles. The number of aromatic nitrogens is 1. The van der Waals surface area contributed by atoms with Gasteiger partial charge in [0.1, 0.15) is 0 Å². The molecule has 0 saturated heterocycles. The van der Waals surface area contributed by atoms with E-state index in [1.54, 1.807) is 24.2 Å². The van der Waals surface area contributed by atoms with Crippen molar-refractivity contribution in [2.24, 2.45) is 0 Å². The van der Waals surface area contributed by atoms with Crippen LogP contribution in [0.2, 0.25) is 5.02 Å². The highest BCUT2D eigenvalue weighted by molar-refractivity contribution is 9.10. The van der Waals surface area contributed by atoms with Gasteiger partial charge in [-0.05, 0) is 34.1 Å². The lowest BCUT2D eigenvalue weighted by Crippen LogP contribution is -1.80. The number of rotatable bonds is 3. The average Bonchev–Trinajstić information content (AvgIpc) is 2.64. The normalized spacial score (nSPS) is 10.5. The molecule has 0 aliphatic heterocycles. The first-order chi connectivity index (χ1) is 7.24. The average molecular weight is 305 g/mol. The molecular formula is C10H7BrClNOS. The predicted molar refractivity (Wildman–Crippen MR) is 65.2 cm³/mol. The summed E-state index contributed by atoms with van der Waals surface area (Å²) in [4.78, 5) is 4.19. The minimum atomic E-state index is 0.658. The summed E-state index contributed by atoms with van der Waals surface area (Å²) >= 11 is 10.6. The number of halogens is 2. The van der Waals surface area contributed by atoms with E-state index in [0.717, 1.165) is 21.0 Å². The first-order valence-corrected chi connectivity index (χ1v) is 6.37. The van der Waals surface area contributed by atoms with Crippen molar-refractivity contribution in [2.75, 3.05) is 0 Å². The molecule has 2 rings (SSSR count). The number of hydrogen-bond donors (Lipinski definition) is 0. The van der Waals surface area contributed by atoms with Gasteiger partial charge in [-0.3, -0.25) is 0 Å². The highest BCUT2D eigenvalue weighted by Crippen LogP contribution is 2.24. The van der Waals surface area contributed by atoms with Gasteiger partial charge >= 0.3 is 0 Å². The van der Waals surface area contributed by atoms with Gasteiger partial charge < -0.3 is 4.42 Å². The van der Waals surface area contributed by atoms with Crippen molar-refractivity contribution in [1.29, 1.82) is 0 Å². The number of thioether (sulfide) groups is 1. The Hall–Kier alpha value is -0.450. The molecule has 0 radical (unpaired) electrons. The van der Waals surface area contributed by atoms with Crippen LogP contribution in [0.5, 0.6) is 0 Å². The van der Waals surface area contributed by atoms with E-state index < -0.39 is 0 Å². The molecule has 0 aliphatic carbocycles. The third-order valence-electron chi connectivity index (χ3n) is 1.71. The maximum absolute atomic E-state index is 5.74. The Kier molecular flexibility index (Phi) is 3.72. The number of hydrogen-bond acceptors (Lipinski definition) is 3. The molecule has 2 aromatic heterocycles. The summed E-state index contributed by atoms with van der Waals surface area (Å²) in [7, 11) is 0. The zero-order valence-corrected chi connectivity index (χ0v) is 10.8. The van der Waals surface area contributed by atoms with Crippen molar-refractivity contribution in [3.8, 4) is 0 Å². The molecular weight excluding hydrogens is 298 g/mol. The minimum Gasteiger partial charge on any atom is -0.457 e. The molecule has 0 fully saturated rings. The van der Waals surface area contributed by atoms with Gasteiger partial charge in [-0.25, -0.2) is 4.98 Å². The van der Waals surface area contributed by atoms with E-state index in [1.165, 1.54) is 0 Å². The van der Waals surface area contributed by atoms with Crippen LogP contribution in [0.1, 0.15) is 5.56 Å². The number of pyridine rings is 1. The molecule has 78 valence electrons. The van der Waals surface area contributed by atoms with E-state index in [-0.39, 0.29) is 0 Å². The minimum absolute atomic E-state index is 0.658. The van der Waals surface area contributed by atoms with Gasteiger partial charge in [0.25, 0.3) is 0 Å². The fourth-order valence-corrected chi connectivity index (χ4v) is 2.28. The quantitative estimate of drug-likeness (QED) is 0.787. The van der Waals surface area contributed by atoms with Gasteiger partial charge in [0.2, 0.25) is 0 Å². The van der Waals surface area contributed by atoms with Crippen LogP contribution in [0.4, 0.5) is 0 Å². The lowest BCUT2D eigenvalue weighted by Gasteiger charge is -1.97. The summed E-state index contributed by atoms with van der Waals surface area (Å²) in [5, 5.41) is 1.61. The van der Waals surface area contributed by atoms with E-state index >= 15 is 0 Å². The summed E-state index contributed by atoms with van der Waals surface area (Å²) in [5.74, 6) is 0.837. The van der Waals surface area contributed by atoms with Gasteiger partial charge in [-0.15, -0.1) is 11.8 Å². The Morgan fingerprint density at radius 2 is 2.33 bits per heavy atom. The summed E-state index contributed by atoms with van der Waals surface area (Å²) in [5.41, 5.74) is 1.13. The summed E-state index contributed by atoms with van der Waals surface area (Å²) in [6, 6.07) is 5.69. The SMILES string of the molecule is Clc1ccc(SCc2coc(Br)c2)nc1. The molecule has 2 aromatic rings. The van der Waals surface area contributed by atoms with Gasteiger partial charge in [0, 0.05) is 17.5 Å². The standard InChI is InChI=1S/C10H7BrClNOS/c11-9-3-7(5-14-9)6-15-10-2-1-8(12)4-13-10/h1-5H,6H2. The monoisotopic (exact) mass is 303 g/mol. The van der Waals surface area contributed by atoms with Crippen LogP contribution in [0, 0.1) is 0 Å². The lowest BCUT2D eigenvalue weighted by atomic mass is 10.4. The molecule has 0 aliphatic rings. The second-order valence-corrected chi connectivity index (χ2v) is 5.08. The second-order valence-electron chi connectivity index (χ2n) is 2.86. The van der Waals surface area contributed by atoms with E-state index in [4.69, 9.17) is 16.0 Å². The topological polar surface area (TPSA) is 26.0 Å². The van der Waals surface area contributed by atoms with Crippen molar-refractivity contribution in [1.82, 2.24) is 4.98 Å². The summed E-state index contributed by atoms with van der Waals surface area (Å²) < 4.78 is 5.89.